The number of methoxy groups -OCH3 is 1. The maximum Gasteiger partial charge on any atom is 0.338 e. The number of carbonyl (C=O) groups excluding carboxylic acids is 1. The highest BCUT2D eigenvalue weighted by Crippen LogP contribution is 2.37. The average molecular weight is 617 g/mol. The van der Waals surface area contributed by atoms with Crippen LogP contribution in [-0.2, 0) is 16.1 Å². The van der Waals surface area contributed by atoms with Crippen LogP contribution in [0.1, 0.15) is 55.0 Å². The number of thiazole rings is 1. The second kappa shape index (κ2) is 12.8. The number of fused-ring (bicyclic) bond motifs is 2. The van der Waals surface area contributed by atoms with Crippen LogP contribution in [0.5, 0.6) is 5.75 Å². The SMILES string of the molecule is CCCC1=C(C(=O)OCC)[C@H](c2ccccc2OC)n2c(s/c(=C/c3cn(Cc4ccccc4C#N)c4ccccc34)c2=O)=N1. The molecule has 0 fully saturated rings. The summed E-state index contributed by atoms with van der Waals surface area (Å²) in [5.41, 5.74) is 4.82. The number of allylic oxidation sites excluding steroid dienone is 1. The molecule has 1 aliphatic rings. The Bertz CT molecular complexity index is 2180. The first-order valence-corrected chi connectivity index (χ1v) is 15.7. The zero-order valence-corrected chi connectivity index (χ0v) is 26.1. The molecule has 1 aliphatic heterocycles. The highest BCUT2D eigenvalue weighted by atomic mass is 32.1. The molecule has 0 unspecified atom stereocenters. The van der Waals surface area contributed by atoms with Gasteiger partial charge in [-0.15, -0.1) is 0 Å². The van der Waals surface area contributed by atoms with Crippen molar-refractivity contribution >= 4 is 34.3 Å². The quantitative estimate of drug-likeness (QED) is 0.205. The Morgan fingerprint density at radius 3 is 2.60 bits per heavy atom. The van der Waals surface area contributed by atoms with E-state index in [0.717, 1.165) is 28.5 Å². The fraction of sp³-hybridized carbons (Fsp3) is 0.222. The van der Waals surface area contributed by atoms with Crippen molar-refractivity contribution in [2.75, 3.05) is 13.7 Å². The monoisotopic (exact) mass is 616 g/mol. The van der Waals surface area contributed by atoms with Gasteiger partial charge in [0.15, 0.2) is 4.80 Å². The van der Waals surface area contributed by atoms with Crippen molar-refractivity contribution in [2.24, 2.45) is 4.99 Å². The number of ether oxygens (including phenoxy) is 2. The molecule has 226 valence electrons. The first-order valence-electron chi connectivity index (χ1n) is 14.9. The average Bonchev–Trinajstić information content (AvgIpc) is 3.56. The predicted octanol–water partition coefficient (Wildman–Crippen LogP) is 5.46. The van der Waals surface area contributed by atoms with Crippen LogP contribution < -0.4 is 19.6 Å². The van der Waals surface area contributed by atoms with Gasteiger partial charge < -0.3 is 14.0 Å². The molecule has 6 rings (SSSR count). The van der Waals surface area contributed by atoms with Gasteiger partial charge in [0.05, 0.1) is 41.2 Å². The lowest BCUT2D eigenvalue weighted by atomic mass is 9.93. The molecular formula is C36H32N4O4S. The third-order valence-corrected chi connectivity index (χ3v) is 8.89. The molecule has 0 amide bonds. The molecule has 0 radical (unpaired) electrons. The minimum atomic E-state index is -0.760. The molecule has 9 heteroatoms. The van der Waals surface area contributed by atoms with E-state index in [-0.39, 0.29) is 12.2 Å². The Morgan fingerprint density at radius 1 is 1.07 bits per heavy atom. The largest absolute Gasteiger partial charge is 0.496 e. The van der Waals surface area contributed by atoms with Gasteiger partial charge in [0, 0.05) is 34.8 Å². The van der Waals surface area contributed by atoms with Gasteiger partial charge in [-0.3, -0.25) is 9.36 Å². The zero-order valence-electron chi connectivity index (χ0n) is 25.3. The van der Waals surface area contributed by atoms with Crippen LogP contribution >= 0.6 is 11.3 Å². The molecule has 3 aromatic carbocycles. The van der Waals surface area contributed by atoms with Crippen LogP contribution in [0, 0.1) is 11.3 Å². The van der Waals surface area contributed by atoms with E-state index in [1.165, 1.54) is 11.3 Å². The molecule has 0 saturated carbocycles. The van der Waals surface area contributed by atoms with Crippen molar-refractivity contribution in [3.8, 4) is 11.8 Å². The number of aromatic nitrogens is 2. The van der Waals surface area contributed by atoms with E-state index in [4.69, 9.17) is 14.5 Å². The first kappa shape index (κ1) is 29.9. The van der Waals surface area contributed by atoms with Gasteiger partial charge in [-0.1, -0.05) is 79.3 Å². The number of nitrogens with zero attached hydrogens (tertiary/aromatic N) is 4. The second-order valence-corrected chi connectivity index (χ2v) is 11.7. The lowest BCUT2D eigenvalue weighted by Gasteiger charge is -2.26. The number of benzene rings is 3. The minimum absolute atomic E-state index is 0.202. The van der Waals surface area contributed by atoms with Crippen LogP contribution in [0.25, 0.3) is 17.0 Å². The predicted molar refractivity (Wildman–Crippen MR) is 175 cm³/mol. The van der Waals surface area contributed by atoms with E-state index in [9.17, 15) is 14.9 Å². The molecule has 3 heterocycles. The molecule has 0 bridgehead atoms. The van der Waals surface area contributed by atoms with Crippen molar-refractivity contribution in [2.45, 2.75) is 39.3 Å². The maximum atomic E-state index is 14.3. The molecule has 1 atom stereocenters. The maximum absolute atomic E-state index is 14.3. The number of carbonyl (C=O) groups is 1. The van der Waals surface area contributed by atoms with Crippen molar-refractivity contribution in [3.05, 3.63) is 132 Å². The summed E-state index contributed by atoms with van der Waals surface area (Å²) >= 11 is 1.30. The van der Waals surface area contributed by atoms with E-state index in [2.05, 4.69) is 10.6 Å². The van der Waals surface area contributed by atoms with Crippen LogP contribution in [0.4, 0.5) is 0 Å². The number of hydrogen-bond donors (Lipinski definition) is 0. The number of rotatable bonds is 9. The molecule has 0 N–H and O–H groups in total. The van der Waals surface area contributed by atoms with E-state index < -0.39 is 12.0 Å². The molecule has 0 saturated heterocycles. The molecule has 0 aliphatic carbocycles. The highest BCUT2D eigenvalue weighted by molar-refractivity contribution is 7.07. The molecular weight excluding hydrogens is 584 g/mol. The summed E-state index contributed by atoms with van der Waals surface area (Å²) in [5.74, 6) is 0.0768. The molecule has 5 aromatic rings. The van der Waals surface area contributed by atoms with Crippen molar-refractivity contribution < 1.29 is 14.3 Å². The summed E-state index contributed by atoms with van der Waals surface area (Å²) in [7, 11) is 1.58. The van der Waals surface area contributed by atoms with Gasteiger partial charge in [-0.25, -0.2) is 9.79 Å². The van der Waals surface area contributed by atoms with Gasteiger partial charge in [-0.05, 0) is 43.2 Å². The van der Waals surface area contributed by atoms with E-state index in [1.807, 2.05) is 92.0 Å². The molecule has 0 spiro atoms. The van der Waals surface area contributed by atoms with Crippen LogP contribution in [0.15, 0.2) is 100 Å². The fourth-order valence-electron chi connectivity index (χ4n) is 5.92. The summed E-state index contributed by atoms with van der Waals surface area (Å²) in [4.78, 5) is 33.2. The normalized spacial score (nSPS) is 14.6. The van der Waals surface area contributed by atoms with Gasteiger partial charge in [0.1, 0.15) is 11.8 Å². The first-order chi connectivity index (χ1) is 22.0. The van der Waals surface area contributed by atoms with E-state index in [0.29, 0.717) is 50.4 Å². The molecule has 2 aromatic heterocycles. The van der Waals surface area contributed by atoms with Gasteiger partial charge >= 0.3 is 5.97 Å². The third kappa shape index (κ3) is 5.49. The summed E-state index contributed by atoms with van der Waals surface area (Å²) in [5, 5.41) is 10.6. The standard InChI is InChI=1S/C36H32N4O4S/c1-4-12-28-32(35(42)44-5-2)33(27-16-9-11-18-30(27)43-3)40-34(41)31(45-36(40)38-28)19-25-22-39(29-17-10-8-15-26(25)29)21-24-14-7-6-13-23(24)20-37/h6-11,13-19,22,33H,4-5,12,21H2,1-3H3/b31-19+/t33-/m0/s1. The van der Waals surface area contributed by atoms with Crippen molar-refractivity contribution in [3.63, 3.8) is 0 Å². The van der Waals surface area contributed by atoms with Crippen LogP contribution in [0.2, 0.25) is 0 Å². The van der Waals surface area contributed by atoms with Crippen LogP contribution in [-0.4, -0.2) is 28.8 Å². The number of para-hydroxylation sites is 2. The smallest absolute Gasteiger partial charge is 0.338 e. The Hall–Kier alpha value is -5.20. The van der Waals surface area contributed by atoms with Crippen molar-refractivity contribution in [1.82, 2.24) is 9.13 Å². The van der Waals surface area contributed by atoms with Gasteiger partial charge in [0.25, 0.3) is 5.56 Å². The highest BCUT2D eigenvalue weighted by Gasteiger charge is 2.35. The third-order valence-electron chi connectivity index (χ3n) is 7.91. The van der Waals surface area contributed by atoms with E-state index in [1.54, 1.807) is 18.6 Å². The van der Waals surface area contributed by atoms with Gasteiger partial charge in [0.2, 0.25) is 0 Å². The second-order valence-electron chi connectivity index (χ2n) is 10.7. The van der Waals surface area contributed by atoms with Crippen molar-refractivity contribution in [1.29, 1.82) is 5.26 Å². The summed E-state index contributed by atoms with van der Waals surface area (Å²) in [6.07, 6.45) is 5.24. The number of hydrogen-bond acceptors (Lipinski definition) is 7. The lowest BCUT2D eigenvalue weighted by molar-refractivity contribution is -0.139. The molecule has 45 heavy (non-hydrogen) atoms. The Balaban J connectivity index is 1.56. The lowest BCUT2D eigenvalue weighted by Crippen LogP contribution is -2.40. The molecule has 8 nitrogen and oxygen atoms in total. The minimum Gasteiger partial charge on any atom is -0.496 e. The number of esters is 1. The van der Waals surface area contributed by atoms with Crippen LogP contribution in [0.3, 0.4) is 0 Å². The Morgan fingerprint density at radius 2 is 1.82 bits per heavy atom. The summed E-state index contributed by atoms with van der Waals surface area (Å²) in [6.45, 7) is 4.51. The number of nitriles is 1. The summed E-state index contributed by atoms with van der Waals surface area (Å²) in [6, 6.07) is 24.5. The Labute approximate surface area is 264 Å². The van der Waals surface area contributed by atoms with Gasteiger partial charge in [-0.2, -0.15) is 5.26 Å². The summed E-state index contributed by atoms with van der Waals surface area (Å²) < 4.78 is 15.4. The zero-order chi connectivity index (χ0) is 31.5. The fourth-order valence-corrected chi connectivity index (χ4v) is 6.93. The van der Waals surface area contributed by atoms with E-state index >= 15 is 0 Å². The Kier molecular flexibility index (Phi) is 8.49. The topological polar surface area (TPSA) is 98.6 Å².